The van der Waals surface area contributed by atoms with Crippen LogP contribution in [0.5, 0.6) is 5.75 Å². The number of para-hydroxylation sites is 1. The highest BCUT2D eigenvalue weighted by Crippen LogP contribution is 2.34. The number of aliphatic carboxylic acids is 1. The highest BCUT2D eigenvalue weighted by molar-refractivity contribution is 9.10. The van der Waals surface area contributed by atoms with Gasteiger partial charge in [0.05, 0.1) is 10.4 Å². The van der Waals surface area contributed by atoms with Crippen LogP contribution in [0.4, 0.5) is 0 Å². The van der Waals surface area contributed by atoms with E-state index in [0.717, 1.165) is 15.8 Å². The Hall–Kier alpha value is -1.03. The van der Waals surface area contributed by atoms with Gasteiger partial charge in [-0.1, -0.05) is 12.1 Å². The molecule has 1 aromatic carbocycles. The van der Waals surface area contributed by atoms with Crippen LogP contribution >= 0.6 is 15.9 Å². The molecule has 14 heavy (non-hydrogen) atoms. The second-order valence-electron chi connectivity index (χ2n) is 3.28. The van der Waals surface area contributed by atoms with Gasteiger partial charge < -0.3 is 9.84 Å². The molecule has 0 aromatic heterocycles. The van der Waals surface area contributed by atoms with Crippen LogP contribution in [0.1, 0.15) is 5.56 Å². The van der Waals surface area contributed by atoms with Crippen LogP contribution in [-0.2, 0) is 11.2 Å². The molecule has 4 heteroatoms. The SMILES string of the molecule is O=C(O)[C@H]1COc2c(Br)cccc2C1. The van der Waals surface area contributed by atoms with E-state index >= 15 is 0 Å². The molecule has 0 aliphatic carbocycles. The van der Waals surface area contributed by atoms with Crippen molar-refractivity contribution in [2.75, 3.05) is 6.61 Å². The normalized spacial score (nSPS) is 19.6. The Balaban J connectivity index is 2.31. The van der Waals surface area contributed by atoms with Gasteiger partial charge in [0.25, 0.3) is 0 Å². The molecule has 74 valence electrons. The summed E-state index contributed by atoms with van der Waals surface area (Å²) in [6.07, 6.45) is 0.546. The third-order valence-electron chi connectivity index (χ3n) is 2.29. The van der Waals surface area contributed by atoms with Gasteiger partial charge in [-0.15, -0.1) is 0 Å². The molecule has 0 saturated heterocycles. The van der Waals surface area contributed by atoms with Gasteiger partial charge in [-0.25, -0.2) is 0 Å². The number of carboxylic acid groups (broad SMARTS) is 1. The summed E-state index contributed by atoms with van der Waals surface area (Å²) in [5.41, 5.74) is 0.957. The molecule has 2 rings (SSSR count). The second kappa shape index (κ2) is 3.61. The Bertz CT molecular complexity index is 376. The average molecular weight is 257 g/mol. The van der Waals surface area contributed by atoms with E-state index in [9.17, 15) is 4.79 Å². The molecule has 0 unspecified atom stereocenters. The zero-order valence-electron chi connectivity index (χ0n) is 7.37. The summed E-state index contributed by atoms with van der Waals surface area (Å²) in [6.45, 7) is 0.255. The number of ether oxygens (including phenoxy) is 1. The van der Waals surface area contributed by atoms with Crippen molar-refractivity contribution in [3.63, 3.8) is 0 Å². The first-order valence-corrected chi connectivity index (χ1v) is 5.11. The van der Waals surface area contributed by atoms with E-state index in [-0.39, 0.29) is 6.61 Å². The van der Waals surface area contributed by atoms with E-state index in [0.29, 0.717) is 6.42 Å². The van der Waals surface area contributed by atoms with E-state index in [2.05, 4.69) is 15.9 Å². The van der Waals surface area contributed by atoms with Crippen LogP contribution in [0, 0.1) is 5.92 Å². The molecule has 1 aromatic rings. The molecule has 1 aliphatic rings. The van der Waals surface area contributed by atoms with Gasteiger partial charge in [-0.3, -0.25) is 4.79 Å². The molecular weight excluding hydrogens is 248 g/mol. The lowest BCUT2D eigenvalue weighted by molar-refractivity contribution is -0.143. The first-order valence-electron chi connectivity index (χ1n) is 4.31. The van der Waals surface area contributed by atoms with Gasteiger partial charge in [0, 0.05) is 0 Å². The standard InChI is InChI=1S/C10H9BrO3/c11-8-3-1-2-6-4-7(10(12)13)5-14-9(6)8/h1-3,7H,4-5H2,(H,12,13)/t7-/m1/s1. The van der Waals surface area contributed by atoms with Crippen LogP contribution in [0.25, 0.3) is 0 Å². The lowest BCUT2D eigenvalue weighted by Crippen LogP contribution is -2.27. The minimum absolute atomic E-state index is 0.255. The maximum atomic E-state index is 10.8. The predicted molar refractivity (Wildman–Crippen MR) is 54.5 cm³/mol. The van der Waals surface area contributed by atoms with Gasteiger partial charge >= 0.3 is 5.97 Å². The summed E-state index contributed by atoms with van der Waals surface area (Å²) in [6, 6.07) is 5.67. The van der Waals surface area contributed by atoms with Crippen molar-refractivity contribution < 1.29 is 14.6 Å². The molecule has 0 radical (unpaired) electrons. The predicted octanol–water partition coefficient (Wildman–Crippen LogP) is 2.08. The molecule has 3 nitrogen and oxygen atoms in total. The smallest absolute Gasteiger partial charge is 0.310 e. The summed E-state index contributed by atoms with van der Waals surface area (Å²) in [4.78, 5) is 10.8. The highest BCUT2D eigenvalue weighted by Gasteiger charge is 2.26. The average Bonchev–Trinajstić information content (AvgIpc) is 2.17. The van der Waals surface area contributed by atoms with Crippen molar-refractivity contribution in [2.24, 2.45) is 5.92 Å². The zero-order chi connectivity index (χ0) is 10.1. The van der Waals surface area contributed by atoms with Crippen LogP contribution in [-0.4, -0.2) is 17.7 Å². The van der Waals surface area contributed by atoms with Crippen molar-refractivity contribution in [3.8, 4) is 5.75 Å². The molecule has 1 N–H and O–H groups in total. The number of carboxylic acids is 1. The lowest BCUT2D eigenvalue weighted by Gasteiger charge is -2.23. The van der Waals surface area contributed by atoms with Crippen LogP contribution < -0.4 is 4.74 Å². The Morgan fingerprint density at radius 2 is 2.36 bits per heavy atom. The Morgan fingerprint density at radius 3 is 3.07 bits per heavy atom. The fourth-order valence-corrected chi connectivity index (χ4v) is 2.06. The number of hydrogen-bond acceptors (Lipinski definition) is 2. The Labute approximate surface area is 89.8 Å². The number of carbonyl (C=O) groups is 1. The zero-order valence-corrected chi connectivity index (χ0v) is 8.95. The first-order chi connectivity index (χ1) is 6.68. The largest absolute Gasteiger partial charge is 0.491 e. The van der Waals surface area contributed by atoms with Crippen molar-refractivity contribution in [1.29, 1.82) is 0 Å². The van der Waals surface area contributed by atoms with E-state index in [4.69, 9.17) is 9.84 Å². The molecule has 1 heterocycles. The first kappa shape index (κ1) is 9.52. The maximum absolute atomic E-state index is 10.8. The van der Waals surface area contributed by atoms with Gasteiger partial charge in [0.15, 0.2) is 0 Å². The monoisotopic (exact) mass is 256 g/mol. The molecule has 0 bridgehead atoms. The fraction of sp³-hybridized carbons (Fsp3) is 0.300. The third-order valence-corrected chi connectivity index (χ3v) is 2.92. The van der Waals surface area contributed by atoms with Crippen molar-refractivity contribution in [1.82, 2.24) is 0 Å². The molecule has 0 amide bonds. The summed E-state index contributed by atoms with van der Waals surface area (Å²) in [5, 5.41) is 8.84. The van der Waals surface area contributed by atoms with E-state index in [1.807, 2.05) is 18.2 Å². The van der Waals surface area contributed by atoms with Gasteiger partial charge in [-0.2, -0.15) is 0 Å². The van der Waals surface area contributed by atoms with Gasteiger partial charge in [0.1, 0.15) is 12.4 Å². The molecule has 1 atom stereocenters. The van der Waals surface area contributed by atoms with Crippen molar-refractivity contribution in [3.05, 3.63) is 28.2 Å². The van der Waals surface area contributed by atoms with Crippen molar-refractivity contribution in [2.45, 2.75) is 6.42 Å². The molecule has 0 spiro atoms. The summed E-state index contributed by atoms with van der Waals surface area (Å²) in [5.74, 6) is -0.433. The fourth-order valence-electron chi connectivity index (χ4n) is 1.54. The highest BCUT2D eigenvalue weighted by atomic mass is 79.9. The van der Waals surface area contributed by atoms with Crippen LogP contribution in [0.3, 0.4) is 0 Å². The number of rotatable bonds is 1. The van der Waals surface area contributed by atoms with E-state index in [1.165, 1.54) is 0 Å². The lowest BCUT2D eigenvalue weighted by atomic mass is 9.97. The quantitative estimate of drug-likeness (QED) is 0.837. The Morgan fingerprint density at radius 1 is 1.57 bits per heavy atom. The molecule has 1 aliphatic heterocycles. The molecule has 0 fully saturated rings. The number of hydrogen-bond donors (Lipinski definition) is 1. The molecular formula is C10H9BrO3. The number of fused-ring (bicyclic) bond motifs is 1. The topological polar surface area (TPSA) is 46.5 Å². The van der Waals surface area contributed by atoms with Gasteiger partial charge in [0.2, 0.25) is 0 Å². The summed E-state index contributed by atoms with van der Waals surface area (Å²) >= 11 is 3.37. The minimum atomic E-state index is -0.796. The van der Waals surface area contributed by atoms with E-state index in [1.54, 1.807) is 0 Å². The van der Waals surface area contributed by atoms with Crippen LogP contribution in [0.2, 0.25) is 0 Å². The maximum Gasteiger partial charge on any atom is 0.310 e. The number of halogens is 1. The van der Waals surface area contributed by atoms with Gasteiger partial charge in [-0.05, 0) is 34.0 Å². The van der Waals surface area contributed by atoms with Crippen molar-refractivity contribution >= 4 is 21.9 Å². The second-order valence-corrected chi connectivity index (χ2v) is 4.13. The molecule has 0 saturated carbocycles. The Kier molecular flexibility index (Phi) is 2.46. The summed E-state index contributed by atoms with van der Waals surface area (Å²) in [7, 11) is 0. The van der Waals surface area contributed by atoms with E-state index < -0.39 is 11.9 Å². The summed E-state index contributed by atoms with van der Waals surface area (Å²) < 4.78 is 6.29. The minimum Gasteiger partial charge on any atom is -0.491 e. The third kappa shape index (κ3) is 1.62. The number of benzene rings is 1. The van der Waals surface area contributed by atoms with Crippen LogP contribution in [0.15, 0.2) is 22.7 Å².